The van der Waals surface area contributed by atoms with Gasteiger partial charge >= 0.3 is 6.09 Å². The van der Waals surface area contributed by atoms with Crippen LogP contribution in [0.3, 0.4) is 0 Å². The second-order valence-corrected chi connectivity index (χ2v) is 6.80. The van der Waals surface area contributed by atoms with Crippen LogP contribution < -0.4 is 4.90 Å². The van der Waals surface area contributed by atoms with Gasteiger partial charge in [0.05, 0.1) is 6.54 Å². The number of ether oxygens (including phenoxy) is 1. The molecule has 7 heteroatoms. The lowest BCUT2D eigenvalue weighted by Crippen LogP contribution is -2.61. The van der Waals surface area contributed by atoms with Crippen molar-refractivity contribution in [3.8, 4) is 11.6 Å². The van der Waals surface area contributed by atoms with Gasteiger partial charge in [0, 0.05) is 18.7 Å². The van der Waals surface area contributed by atoms with Crippen LogP contribution >= 0.6 is 0 Å². The molecule has 0 radical (unpaired) electrons. The van der Waals surface area contributed by atoms with Gasteiger partial charge in [-0.15, -0.1) is 0 Å². The lowest BCUT2D eigenvalue weighted by atomic mass is 9.75. The average molecular weight is 326 g/mol. The molecule has 1 spiro atoms. The summed E-state index contributed by atoms with van der Waals surface area (Å²) in [5, 5.41) is 0. The van der Waals surface area contributed by atoms with Crippen molar-refractivity contribution in [2.75, 3.05) is 31.1 Å². The molecule has 24 heavy (non-hydrogen) atoms. The number of hydrogen-bond donors (Lipinski definition) is 0. The van der Waals surface area contributed by atoms with E-state index in [4.69, 9.17) is 9.15 Å². The van der Waals surface area contributed by atoms with Crippen molar-refractivity contribution in [3.05, 3.63) is 30.7 Å². The highest BCUT2D eigenvalue weighted by Crippen LogP contribution is 2.43. The lowest BCUT2D eigenvalue weighted by molar-refractivity contribution is -0.0881. The Kier molecular flexibility index (Phi) is 2.94. The van der Waals surface area contributed by atoms with Crippen molar-refractivity contribution < 1.29 is 13.9 Å². The monoisotopic (exact) mass is 326 g/mol. The quantitative estimate of drug-likeness (QED) is 0.842. The summed E-state index contributed by atoms with van der Waals surface area (Å²) >= 11 is 0. The van der Waals surface area contributed by atoms with E-state index in [1.54, 1.807) is 11.1 Å². The highest BCUT2D eigenvalue weighted by atomic mass is 16.6. The zero-order chi connectivity index (χ0) is 16.1. The highest BCUT2D eigenvalue weighted by Gasteiger charge is 2.56. The van der Waals surface area contributed by atoms with Crippen LogP contribution in [0, 0.1) is 5.92 Å². The maximum absolute atomic E-state index is 12.5. The van der Waals surface area contributed by atoms with Crippen molar-refractivity contribution in [1.29, 1.82) is 0 Å². The summed E-state index contributed by atoms with van der Waals surface area (Å²) in [5.74, 6) is 1.35. The number of amides is 1. The number of fused-ring (bicyclic) bond motifs is 2. The van der Waals surface area contributed by atoms with Gasteiger partial charge in [-0.3, -0.25) is 14.8 Å². The van der Waals surface area contributed by atoms with E-state index in [1.807, 2.05) is 18.2 Å². The molecule has 1 amide bonds. The molecule has 2 aromatic heterocycles. The fourth-order valence-electron chi connectivity index (χ4n) is 4.18. The number of piperidine rings is 3. The number of pyridine rings is 1. The Morgan fingerprint density at radius 3 is 2.79 bits per heavy atom. The van der Waals surface area contributed by atoms with E-state index >= 15 is 0 Å². The second kappa shape index (κ2) is 5.04. The number of hydrogen-bond acceptors (Lipinski definition) is 6. The van der Waals surface area contributed by atoms with E-state index in [2.05, 4.69) is 14.9 Å². The number of rotatable bonds is 2. The molecule has 4 fully saturated rings. The zero-order valence-electron chi connectivity index (χ0n) is 13.2. The predicted molar refractivity (Wildman–Crippen MR) is 85.5 cm³/mol. The van der Waals surface area contributed by atoms with Crippen molar-refractivity contribution in [2.24, 2.45) is 5.92 Å². The van der Waals surface area contributed by atoms with Gasteiger partial charge in [0.2, 0.25) is 5.89 Å². The number of nitrogens with zero attached hydrogens (tertiary/aromatic N) is 4. The molecule has 124 valence electrons. The number of carbonyl (C=O) groups excluding carboxylic acids is 1. The van der Waals surface area contributed by atoms with E-state index in [0.29, 0.717) is 29.9 Å². The van der Waals surface area contributed by atoms with Gasteiger partial charge in [-0.1, -0.05) is 6.07 Å². The Balaban J connectivity index is 1.42. The second-order valence-electron chi connectivity index (χ2n) is 6.80. The Morgan fingerprint density at radius 2 is 2.08 bits per heavy atom. The lowest BCUT2D eigenvalue weighted by Gasteiger charge is -2.49. The Labute approximate surface area is 139 Å². The summed E-state index contributed by atoms with van der Waals surface area (Å²) in [4.78, 5) is 25.1. The van der Waals surface area contributed by atoms with Gasteiger partial charge in [0.1, 0.15) is 17.6 Å². The minimum absolute atomic E-state index is 0.329. The molecule has 0 unspecified atom stereocenters. The third kappa shape index (κ3) is 2.04. The normalized spacial score (nSPS) is 31.7. The van der Waals surface area contributed by atoms with Gasteiger partial charge in [0.15, 0.2) is 5.82 Å². The fourth-order valence-corrected chi connectivity index (χ4v) is 4.18. The third-order valence-corrected chi connectivity index (χ3v) is 5.41. The van der Waals surface area contributed by atoms with Gasteiger partial charge in [-0.2, -0.15) is 4.98 Å². The minimum atomic E-state index is -0.391. The molecule has 6 rings (SSSR count). The SMILES string of the molecule is O=C1O[C@]2(CN3CCC2CC3)CN1c1coc(-c2ccccn2)n1. The first kappa shape index (κ1) is 14.0. The number of anilines is 1. The van der Waals surface area contributed by atoms with Crippen LogP contribution in [0.25, 0.3) is 11.6 Å². The van der Waals surface area contributed by atoms with E-state index in [9.17, 15) is 4.79 Å². The first-order chi connectivity index (χ1) is 11.7. The minimum Gasteiger partial charge on any atom is -0.441 e. The van der Waals surface area contributed by atoms with Gasteiger partial charge < -0.3 is 9.15 Å². The standard InChI is InChI=1S/C17H18N4O3/c22-16-21(11-17(24-16)10-20-7-4-12(17)5-8-20)14-9-23-15(19-14)13-3-1-2-6-18-13/h1-3,6,9,12H,4-5,7-8,10-11H2/t17-/m1/s1. The molecule has 2 bridgehead atoms. The first-order valence-corrected chi connectivity index (χ1v) is 8.33. The van der Waals surface area contributed by atoms with Gasteiger partial charge in [-0.25, -0.2) is 4.79 Å². The molecule has 0 N–H and O–H groups in total. The zero-order valence-corrected chi connectivity index (χ0v) is 13.2. The van der Waals surface area contributed by atoms with Crippen LogP contribution in [0.1, 0.15) is 12.8 Å². The summed E-state index contributed by atoms with van der Waals surface area (Å²) in [6, 6.07) is 5.54. The van der Waals surface area contributed by atoms with E-state index < -0.39 is 5.60 Å². The van der Waals surface area contributed by atoms with Crippen molar-refractivity contribution >= 4 is 11.9 Å². The predicted octanol–water partition coefficient (Wildman–Crippen LogP) is 2.16. The molecule has 0 saturated carbocycles. The van der Waals surface area contributed by atoms with Crippen molar-refractivity contribution in [3.63, 3.8) is 0 Å². The molecule has 6 heterocycles. The van der Waals surface area contributed by atoms with E-state index in [1.165, 1.54) is 6.26 Å². The molecule has 7 nitrogen and oxygen atoms in total. The highest BCUT2D eigenvalue weighted by molar-refractivity contribution is 5.89. The van der Waals surface area contributed by atoms with Crippen molar-refractivity contribution in [1.82, 2.24) is 14.9 Å². The summed E-state index contributed by atoms with van der Waals surface area (Å²) in [6.07, 6.45) is 5.06. The van der Waals surface area contributed by atoms with Gasteiger partial charge in [-0.05, 0) is 38.1 Å². The van der Waals surface area contributed by atoms with Crippen LogP contribution in [-0.4, -0.2) is 52.7 Å². The molecule has 4 saturated heterocycles. The number of carbonyl (C=O) groups is 1. The van der Waals surface area contributed by atoms with Crippen LogP contribution in [0.2, 0.25) is 0 Å². The van der Waals surface area contributed by atoms with Crippen LogP contribution in [0.4, 0.5) is 10.6 Å². The first-order valence-electron chi connectivity index (χ1n) is 8.33. The topological polar surface area (TPSA) is 71.7 Å². The third-order valence-electron chi connectivity index (χ3n) is 5.41. The molecule has 0 aromatic carbocycles. The van der Waals surface area contributed by atoms with E-state index in [-0.39, 0.29) is 6.09 Å². The molecular weight excluding hydrogens is 308 g/mol. The molecule has 0 aliphatic carbocycles. The summed E-state index contributed by atoms with van der Waals surface area (Å²) < 4.78 is 11.4. The summed E-state index contributed by atoms with van der Waals surface area (Å²) in [6.45, 7) is 3.58. The number of aromatic nitrogens is 2. The van der Waals surface area contributed by atoms with Crippen LogP contribution in [0.15, 0.2) is 35.1 Å². The fraction of sp³-hybridized carbons (Fsp3) is 0.471. The molecule has 2 aromatic rings. The molecule has 4 aliphatic rings. The molecule has 4 aliphatic heterocycles. The van der Waals surface area contributed by atoms with Gasteiger partial charge in [0.25, 0.3) is 0 Å². The number of oxazole rings is 1. The van der Waals surface area contributed by atoms with Crippen molar-refractivity contribution in [2.45, 2.75) is 18.4 Å². The van der Waals surface area contributed by atoms with E-state index in [0.717, 1.165) is 32.5 Å². The van der Waals surface area contributed by atoms with Crippen LogP contribution in [0.5, 0.6) is 0 Å². The maximum atomic E-state index is 12.5. The molecule has 1 atom stereocenters. The Morgan fingerprint density at radius 1 is 1.21 bits per heavy atom. The Bertz CT molecular complexity index is 769. The average Bonchev–Trinajstić information content (AvgIpc) is 3.22. The summed E-state index contributed by atoms with van der Waals surface area (Å²) in [5.41, 5.74) is 0.256. The smallest absolute Gasteiger partial charge is 0.416 e. The molecular formula is C17H18N4O3. The Hall–Kier alpha value is -2.41. The summed E-state index contributed by atoms with van der Waals surface area (Å²) in [7, 11) is 0. The maximum Gasteiger partial charge on any atom is 0.416 e. The van der Waals surface area contributed by atoms with Crippen LogP contribution in [-0.2, 0) is 4.74 Å². The largest absolute Gasteiger partial charge is 0.441 e.